The van der Waals surface area contributed by atoms with Crippen LogP contribution >= 0.6 is 40.3 Å². The molecule has 6 heteroatoms. The van der Waals surface area contributed by atoms with Gasteiger partial charge in [0.15, 0.2) is 0 Å². The second-order valence-corrected chi connectivity index (χ2v) is 7.68. The highest BCUT2D eigenvalue weighted by Crippen LogP contribution is 2.02. The van der Waals surface area contributed by atoms with Gasteiger partial charge >= 0.3 is 0 Å². The number of alkyl halides is 2. The summed E-state index contributed by atoms with van der Waals surface area (Å²) in [4.78, 5) is 0. The van der Waals surface area contributed by atoms with Crippen molar-refractivity contribution in [3.8, 4) is 0 Å². The van der Waals surface area contributed by atoms with Crippen molar-refractivity contribution < 1.29 is 13.7 Å². The van der Waals surface area contributed by atoms with Crippen molar-refractivity contribution in [2.24, 2.45) is 0 Å². The van der Waals surface area contributed by atoms with Crippen LogP contribution in [0.4, 0.5) is 0 Å². The second-order valence-electron chi connectivity index (χ2n) is 6.65. The first-order valence-corrected chi connectivity index (χ1v) is 13.4. The summed E-state index contributed by atoms with van der Waals surface area (Å²) >= 11 is 8.69. The number of benzene rings is 2. The molecule has 0 bridgehead atoms. The number of hydrogen-bond acceptors (Lipinski definition) is 4. The molecule has 184 valence electrons. The minimum Gasteiger partial charge on any atom is -0.377 e. The van der Waals surface area contributed by atoms with E-state index in [0.717, 1.165) is 57.4 Å². The predicted octanol–water partition coefficient (Wildman–Crippen LogP) is 8.49. The Morgan fingerprint density at radius 2 is 1.19 bits per heavy atom. The highest BCUT2D eigenvalue weighted by atomic mass is 79.9. The van der Waals surface area contributed by atoms with Gasteiger partial charge in [0.25, 0.3) is 0 Å². The molecule has 0 saturated carbocycles. The number of halogens is 2. The summed E-state index contributed by atoms with van der Waals surface area (Å²) in [5.41, 5.74) is 2.50. The van der Waals surface area contributed by atoms with Crippen LogP contribution < -0.4 is 0 Å². The third-order valence-corrected chi connectivity index (χ3v) is 4.60. The molecule has 2 aromatic rings. The minimum atomic E-state index is 0.692. The van der Waals surface area contributed by atoms with Crippen LogP contribution in [0.3, 0.4) is 0 Å². The average Bonchev–Trinajstić information content (AvgIpc) is 2.88. The van der Waals surface area contributed by atoms with E-state index in [2.05, 4.69) is 69.8 Å². The molecule has 0 saturated heterocycles. The Morgan fingerprint density at radius 1 is 0.750 bits per heavy atom. The summed E-state index contributed by atoms with van der Waals surface area (Å²) in [6, 6.07) is 20.5. The van der Waals surface area contributed by atoms with Crippen molar-refractivity contribution in [1.29, 1.82) is 1.12 Å². The second kappa shape index (κ2) is 30.4. The fraction of sp³-hybridized carbons (Fsp3) is 0.538. The quantitative estimate of drug-likeness (QED) is 0.110. The fourth-order valence-corrected chi connectivity index (χ4v) is 2.48. The average molecular weight is 552 g/mol. The standard InChI is InChI=1S/C11H16O.C10H13BrO.C4H10OS.CH3Cl/c1-2-3-9-12-10-11-7-5-4-6-8-11;11-7-4-8-12-9-10-5-2-1-3-6-10;1-2-3-4-5-6;1-2/h4-8H,2-3,9-10H2,1H3;1-3,5-6H,4,7-9H2;6H,2-4H2,1H3;1H3/i/hT. The van der Waals surface area contributed by atoms with Gasteiger partial charge in [-0.15, -0.1) is 11.6 Å². The molecule has 0 atom stereocenters. The lowest BCUT2D eigenvalue weighted by Crippen LogP contribution is -1.95. The van der Waals surface area contributed by atoms with E-state index < -0.39 is 0 Å². The van der Waals surface area contributed by atoms with Gasteiger partial charge in [-0.25, -0.2) is 0 Å². The smallest absolute Gasteiger partial charge is 0.135 e. The SMILES string of the molecule is BrCCCOCc1ccccc1.CCCCOCc1ccccc1.CCl.[3H]SOCCCC. The molecule has 0 spiro atoms. The van der Waals surface area contributed by atoms with Gasteiger partial charge in [-0.2, -0.15) is 0 Å². The van der Waals surface area contributed by atoms with Crippen molar-refractivity contribution >= 4 is 40.3 Å². The first-order chi connectivity index (χ1) is 16.3. The molecule has 0 N–H and O–H groups in total. The van der Waals surface area contributed by atoms with E-state index in [4.69, 9.17) is 10.6 Å². The highest BCUT2D eigenvalue weighted by molar-refractivity contribution is 9.09. The zero-order valence-electron chi connectivity index (χ0n) is 20.9. The lowest BCUT2D eigenvalue weighted by Gasteiger charge is -2.02. The van der Waals surface area contributed by atoms with Crippen molar-refractivity contribution in [3.05, 3.63) is 71.8 Å². The van der Waals surface area contributed by atoms with Gasteiger partial charge in [-0.3, -0.25) is 0 Å². The van der Waals surface area contributed by atoms with E-state index in [1.54, 1.807) is 0 Å². The molecule has 0 aliphatic rings. The first kappa shape index (κ1) is 31.4. The zero-order valence-corrected chi connectivity index (χ0v) is 23.1. The molecule has 0 aliphatic heterocycles. The lowest BCUT2D eigenvalue weighted by molar-refractivity contribution is 0.118. The zero-order chi connectivity index (χ0) is 24.8. The highest BCUT2D eigenvalue weighted by Gasteiger charge is 1.91. The van der Waals surface area contributed by atoms with Gasteiger partial charge in [-0.05, 0) is 43.2 Å². The summed E-state index contributed by atoms with van der Waals surface area (Å²) in [6.45, 7) is 8.18. The number of rotatable bonds is 14. The molecule has 3 nitrogen and oxygen atoms in total. The molecule has 2 aromatic carbocycles. The molecule has 32 heavy (non-hydrogen) atoms. The van der Waals surface area contributed by atoms with Crippen LogP contribution in [0.5, 0.6) is 0 Å². The van der Waals surface area contributed by atoms with Crippen molar-refractivity contribution in [3.63, 3.8) is 0 Å². The third kappa shape index (κ3) is 25.7. The molecule has 0 fully saturated rings. The van der Waals surface area contributed by atoms with E-state index in [9.17, 15) is 0 Å². The Hall–Kier alpha value is -0.560. The molecular formula is C26H42BrClO3S. The molecule has 0 amide bonds. The van der Waals surface area contributed by atoms with Crippen LogP contribution in [0.15, 0.2) is 60.7 Å². The van der Waals surface area contributed by atoms with Gasteiger partial charge < -0.3 is 13.7 Å². The molecular weight excluding hydrogens is 508 g/mol. The van der Waals surface area contributed by atoms with Crippen molar-refractivity contribution in [2.45, 2.75) is 59.2 Å². The monoisotopic (exact) mass is 550 g/mol. The van der Waals surface area contributed by atoms with Gasteiger partial charge in [0.2, 0.25) is 0 Å². The molecule has 0 unspecified atom stereocenters. The Kier molecular flexibility index (Phi) is 29.9. The van der Waals surface area contributed by atoms with Crippen LogP contribution in [0.1, 0.15) is 57.1 Å². The topological polar surface area (TPSA) is 27.7 Å². The van der Waals surface area contributed by atoms with E-state index in [1.807, 2.05) is 36.4 Å². The Labute approximate surface area is 217 Å². The summed E-state index contributed by atoms with van der Waals surface area (Å²) in [5, 5.41) is 1.02. The lowest BCUT2D eigenvalue weighted by atomic mass is 10.2. The normalized spacial score (nSPS) is 9.84. The summed E-state index contributed by atoms with van der Waals surface area (Å²) in [6.07, 6.45) is 7.11. The van der Waals surface area contributed by atoms with Crippen molar-refractivity contribution in [1.82, 2.24) is 0 Å². The van der Waals surface area contributed by atoms with Gasteiger partial charge in [0.1, 0.15) is 1.12 Å². The maximum Gasteiger partial charge on any atom is 0.135 e. The number of hydrogen-bond donors (Lipinski definition) is 1. The summed E-state index contributed by atoms with van der Waals surface area (Å²) in [7, 11) is 0. The maximum atomic E-state index is 6.48. The summed E-state index contributed by atoms with van der Waals surface area (Å²) < 4.78 is 22.0. The fourth-order valence-electron chi connectivity index (χ4n) is 2.13. The van der Waals surface area contributed by atoms with E-state index in [0.29, 0.717) is 19.4 Å². The summed E-state index contributed by atoms with van der Waals surface area (Å²) in [5.74, 6) is 0. The minimum absolute atomic E-state index is 0.692. The molecule has 0 aromatic heterocycles. The van der Waals surface area contributed by atoms with Crippen LogP contribution in [0.2, 0.25) is 0 Å². The van der Waals surface area contributed by atoms with Crippen LogP contribution in [0.25, 0.3) is 0 Å². The predicted molar refractivity (Wildman–Crippen MR) is 147 cm³/mol. The Balaban J connectivity index is 0. The molecule has 0 aliphatic carbocycles. The van der Waals surface area contributed by atoms with Crippen molar-refractivity contribution in [2.75, 3.05) is 31.5 Å². The van der Waals surface area contributed by atoms with Crippen LogP contribution in [-0.2, 0) is 26.9 Å². The largest absolute Gasteiger partial charge is 0.377 e. The molecule has 2 rings (SSSR count). The Bertz CT molecular complexity index is 531. The first-order valence-electron chi connectivity index (χ1n) is 11.6. The molecule has 0 heterocycles. The Morgan fingerprint density at radius 3 is 1.59 bits per heavy atom. The van der Waals surface area contributed by atoms with E-state index in [-0.39, 0.29) is 0 Å². The maximum absolute atomic E-state index is 6.48. The number of thiol groups is 1. The van der Waals surface area contributed by atoms with Crippen LogP contribution in [0, 0.1) is 0 Å². The van der Waals surface area contributed by atoms with Gasteiger partial charge in [0, 0.05) is 24.9 Å². The number of ether oxygens (including phenoxy) is 2. The molecule has 0 radical (unpaired) electrons. The van der Waals surface area contributed by atoms with E-state index in [1.165, 1.54) is 23.9 Å². The number of unbranched alkanes of at least 4 members (excludes halogenated alkanes) is 2. The third-order valence-electron chi connectivity index (χ3n) is 3.87. The van der Waals surface area contributed by atoms with E-state index >= 15 is 0 Å². The van der Waals surface area contributed by atoms with Crippen LogP contribution in [-0.4, -0.2) is 32.7 Å². The van der Waals surface area contributed by atoms with Gasteiger partial charge in [-0.1, -0.05) is 103 Å². The van der Waals surface area contributed by atoms with Gasteiger partial charge in [0.05, 0.1) is 19.8 Å².